The van der Waals surface area contributed by atoms with Crippen LogP contribution in [0.3, 0.4) is 0 Å². The molecule has 0 bridgehead atoms. The second-order valence-corrected chi connectivity index (χ2v) is 4.85. The molecule has 0 radical (unpaired) electrons. The van der Waals surface area contributed by atoms with Crippen LogP contribution >= 0.6 is 0 Å². The van der Waals surface area contributed by atoms with Crippen LogP contribution < -0.4 is 5.32 Å². The van der Waals surface area contributed by atoms with Crippen LogP contribution in [0.1, 0.15) is 11.3 Å². The van der Waals surface area contributed by atoms with Gasteiger partial charge in [-0.1, -0.05) is 23.4 Å². The number of fused-ring (bicyclic) bond motifs is 1. The summed E-state index contributed by atoms with van der Waals surface area (Å²) in [5, 5.41) is 11.8. The van der Waals surface area contributed by atoms with Gasteiger partial charge in [0.1, 0.15) is 11.5 Å². The van der Waals surface area contributed by atoms with Gasteiger partial charge < -0.3 is 5.32 Å². The number of para-hydroxylation sites is 1. The van der Waals surface area contributed by atoms with E-state index in [0.29, 0.717) is 6.54 Å². The smallest absolute Gasteiger partial charge is 0.133 e. The number of aromatic nitrogens is 4. The van der Waals surface area contributed by atoms with Crippen molar-refractivity contribution >= 4 is 17.5 Å². The molecule has 1 aromatic carbocycles. The standard InChI is InChI=1S/C16H13N5/c1-2-6-14(7-3-1)21-11-15(19-20-21)13-9-12-5-4-8-17-16(12)18-10-13/h1-9,11H,10H2,(H,17,18). The van der Waals surface area contributed by atoms with E-state index in [2.05, 4.69) is 26.7 Å². The monoisotopic (exact) mass is 275 g/mol. The third kappa shape index (κ3) is 2.18. The summed E-state index contributed by atoms with van der Waals surface area (Å²) in [5.74, 6) is 0.914. The van der Waals surface area contributed by atoms with E-state index in [1.165, 1.54) is 0 Å². The highest BCUT2D eigenvalue weighted by atomic mass is 15.4. The van der Waals surface area contributed by atoms with Crippen molar-refractivity contribution in [1.29, 1.82) is 0 Å². The first-order chi connectivity index (χ1) is 10.4. The van der Waals surface area contributed by atoms with Crippen molar-refractivity contribution in [1.82, 2.24) is 20.0 Å². The molecule has 0 saturated carbocycles. The minimum atomic E-state index is 0.706. The largest absolute Gasteiger partial charge is 0.365 e. The third-order valence-electron chi connectivity index (χ3n) is 3.46. The lowest BCUT2D eigenvalue weighted by atomic mass is 10.1. The lowest BCUT2D eigenvalue weighted by Gasteiger charge is -2.15. The first-order valence-corrected chi connectivity index (χ1v) is 6.78. The van der Waals surface area contributed by atoms with E-state index in [4.69, 9.17) is 0 Å². The zero-order chi connectivity index (χ0) is 14.1. The van der Waals surface area contributed by atoms with Crippen molar-refractivity contribution in [3.63, 3.8) is 0 Å². The van der Waals surface area contributed by atoms with Gasteiger partial charge in [0.05, 0.1) is 11.9 Å². The van der Waals surface area contributed by atoms with Crippen LogP contribution in [0.4, 0.5) is 5.82 Å². The fourth-order valence-electron chi connectivity index (χ4n) is 2.38. The Morgan fingerprint density at radius 3 is 2.86 bits per heavy atom. The molecule has 0 spiro atoms. The number of nitrogens with one attached hydrogen (secondary N) is 1. The molecule has 0 unspecified atom stereocenters. The summed E-state index contributed by atoms with van der Waals surface area (Å²) in [5.41, 5.74) is 4.06. The summed E-state index contributed by atoms with van der Waals surface area (Å²) in [7, 11) is 0. The van der Waals surface area contributed by atoms with Gasteiger partial charge in [0.15, 0.2) is 0 Å². The summed E-state index contributed by atoms with van der Waals surface area (Å²) < 4.78 is 1.79. The third-order valence-corrected chi connectivity index (χ3v) is 3.46. The van der Waals surface area contributed by atoms with E-state index in [1.807, 2.05) is 48.7 Å². The quantitative estimate of drug-likeness (QED) is 0.781. The lowest BCUT2D eigenvalue weighted by molar-refractivity contribution is 0.802. The molecule has 5 heteroatoms. The van der Waals surface area contributed by atoms with Gasteiger partial charge in [-0.25, -0.2) is 9.67 Å². The summed E-state index contributed by atoms with van der Waals surface area (Å²) in [6, 6.07) is 13.9. The van der Waals surface area contributed by atoms with Crippen molar-refractivity contribution in [2.24, 2.45) is 0 Å². The van der Waals surface area contributed by atoms with Gasteiger partial charge in [0.25, 0.3) is 0 Å². The highest BCUT2D eigenvalue weighted by Crippen LogP contribution is 2.25. The SMILES string of the molecule is C1=C(c2cn(-c3ccccc3)nn2)CNc2ncccc21. The normalized spacial score (nSPS) is 13.2. The number of pyridine rings is 1. The average Bonchev–Trinajstić information content (AvgIpc) is 3.05. The molecule has 21 heavy (non-hydrogen) atoms. The maximum Gasteiger partial charge on any atom is 0.133 e. The maximum absolute atomic E-state index is 4.30. The van der Waals surface area contributed by atoms with E-state index < -0.39 is 0 Å². The topological polar surface area (TPSA) is 55.6 Å². The van der Waals surface area contributed by atoms with Crippen LogP contribution in [0.5, 0.6) is 0 Å². The number of benzene rings is 1. The molecule has 0 aliphatic carbocycles. The second-order valence-electron chi connectivity index (χ2n) is 4.85. The van der Waals surface area contributed by atoms with Crippen LogP contribution in [0, 0.1) is 0 Å². The number of hydrogen-bond donors (Lipinski definition) is 1. The van der Waals surface area contributed by atoms with Crippen molar-refractivity contribution in [3.05, 3.63) is 66.1 Å². The molecular formula is C16H13N5. The second kappa shape index (κ2) is 4.86. The van der Waals surface area contributed by atoms with Crippen LogP contribution in [-0.4, -0.2) is 26.5 Å². The van der Waals surface area contributed by atoms with Crippen LogP contribution in [0.25, 0.3) is 17.3 Å². The van der Waals surface area contributed by atoms with Crippen molar-refractivity contribution in [3.8, 4) is 5.69 Å². The van der Waals surface area contributed by atoms with Gasteiger partial charge in [-0.15, -0.1) is 5.10 Å². The van der Waals surface area contributed by atoms with Gasteiger partial charge >= 0.3 is 0 Å². The molecule has 3 aromatic rings. The van der Waals surface area contributed by atoms with E-state index >= 15 is 0 Å². The fourth-order valence-corrected chi connectivity index (χ4v) is 2.38. The Labute approximate surface area is 122 Å². The predicted octanol–water partition coefficient (Wildman–Crippen LogP) is 2.63. The van der Waals surface area contributed by atoms with Crippen molar-refractivity contribution < 1.29 is 0 Å². The molecule has 0 atom stereocenters. The number of rotatable bonds is 2. The molecule has 1 aliphatic heterocycles. The zero-order valence-electron chi connectivity index (χ0n) is 11.3. The van der Waals surface area contributed by atoms with E-state index in [0.717, 1.165) is 28.3 Å². The van der Waals surface area contributed by atoms with E-state index in [9.17, 15) is 0 Å². The maximum atomic E-state index is 4.30. The highest BCUT2D eigenvalue weighted by Gasteiger charge is 2.14. The van der Waals surface area contributed by atoms with Crippen molar-refractivity contribution in [2.75, 3.05) is 11.9 Å². The number of nitrogens with zero attached hydrogens (tertiary/aromatic N) is 4. The summed E-state index contributed by atoms with van der Waals surface area (Å²) in [6.07, 6.45) is 5.85. The zero-order valence-corrected chi connectivity index (χ0v) is 11.3. The molecule has 1 N–H and O–H groups in total. The first-order valence-electron chi connectivity index (χ1n) is 6.78. The Balaban J connectivity index is 1.70. The molecular weight excluding hydrogens is 262 g/mol. The van der Waals surface area contributed by atoms with E-state index in [1.54, 1.807) is 10.9 Å². The molecule has 5 nitrogen and oxygen atoms in total. The Kier molecular flexibility index (Phi) is 2.74. The minimum absolute atomic E-state index is 0.706. The predicted molar refractivity (Wildman–Crippen MR) is 82.0 cm³/mol. The number of anilines is 1. The molecule has 102 valence electrons. The van der Waals surface area contributed by atoms with Gasteiger partial charge in [-0.3, -0.25) is 0 Å². The Morgan fingerprint density at radius 2 is 1.95 bits per heavy atom. The summed E-state index contributed by atoms with van der Waals surface area (Å²) in [6.45, 7) is 0.706. The molecule has 2 aromatic heterocycles. The molecule has 0 fully saturated rings. The van der Waals surface area contributed by atoms with Gasteiger partial charge in [-0.2, -0.15) is 0 Å². The first kappa shape index (κ1) is 11.8. The molecule has 4 rings (SSSR count). The minimum Gasteiger partial charge on any atom is -0.365 e. The van der Waals surface area contributed by atoms with E-state index in [-0.39, 0.29) is 0 Å². The lowest BCUT2D eigenvalue weighted by Crippen LogP contribution is -2.11. The summed E-state index contributed by atoms with van der Waals surface area (Å²) in [4.78, 5) is 4.30. The molecule has 3 heterocycles. The van der Waals surface area contributed by atoms with Gasteiger partial charge in [0.2, 0.25) is 0 Å². The fraction of sp³-hybridized carbons (Fsp3) is 0.0625. The molecule has 0 saturated heterocycles. The van der Waals surface area contributed by atoms with Crippen molar-refractivity contribution in [2.45, 2.75) is 0 Å². The Hall–Kier alpha value is -2.95. The van der Waals surface area contributed by atoms with Crippen LogP contribution in [-0.2, 0) is 0 Å². The van der Waals surface area contributed by atoms with Gasteiger partial charge in [0, 0.05) is 23.9 Å². The number of hydrogen-bond acceptors (Lipinski definition) is 4. The summed E-state index contributed by atoms with van der Waals surface area (Å²) >= 11 is 0. The van der Waals surface area contributed by atoms with Crippen LogP contribution in [0.15, 0.2) is 54.9 Å². The van der Waals surface area contributed by atoms with Gasteiger partial charge in [-0.05, 0) is 30.3 Å². The molecule has 1 aliphatic rings. The Morgan fingerprint density at radius 1 is 1.05 bits per heavy atom. The van der Waals surface area contributed by atoms with Crippen LogP contribution in [0.2, 0.25) is 0 Å². The Bertz CT molecular complexity index is 804. The average molecular weight is 275 g/mol. The molecule has 0 amide bonds. The highest BCUT2D eigenvalue weighted by molar-refractivity contribution is 5.88.